The van der Waals surface area contributed by atoms with Crippen molar-refractivity contribution in [3.05, 3.63) is 53.7 Å². The molecule has 30 heavy (non-hydrogen) atoms. The Morgan fingerprint density at radius 1 is 1.17 bits per heavy atom. The fourth-order valence-electron chi connectivity index (χ4n) is 2.92. The summed E-state index contributed by atoms with van der Waals surface area (Å²) in [5.74, 6) is 1.35. The molecule has 8 heteroatoms. The number of nitrogens with one attached hydrogen (secondary N) is 1. The van der Waals surface area contributed by atoms with Crippen LogP contribution in [0.5, 0.6) is 5.75 Å². The van der Waals surface area contributed by atoms with E-state index in [1.165, 1.54) is 11.3 Å². The summed E-state index contributed by atoms with van der Waals surface area (Å²) >= 11 is 1.51. The first kappa shape index (κ1) is 20.6. The van der Waals surface area contributed by atoms with Crippen molar-refractivity contribution in [2.45, 2.75) is 44.9 Å². The second kappa shape index (κ2) is 7.52. The molecular formula is C22H23N4O2SSi. The number of urea groups is 1. The molecule has 3 heterocycles. The van der Waals surface area contributed by atoms with Gasteiger partial charge in [0.2, 0.25) is 0 Å². The zero-order valence-electron chi connectivity index (χ0n) is 17.4. The third-order valence-corrected chi connectivity index (χ3v) is 6.95. The van der Waals surface area contributed by atoms with Gasteiger partial charge in [0.05, 0.1) is 12.2 Å². The smallest absolute Gasteiger partial charge is 0.327 e. The lowest BCUT2D eigenvalue weighted by Gasteiger charge is -2.39. The van der Waals surface area contributed by atoms with Gasteiger partial charge in [0.25, 0.3) is 0 Å². The molecule has 0 atom stereocenters. The summed E-state index contributed by atoms with van der Waals surface area (Å²) in [6.45, 7) is 8.64. The normalized spacial score (nSPS) is 14.3. The highest BCUT2D eigenvalue weighted by atomic mass is 32.1. The number of carbonyl (C=O) groups is 1. The van der Waals surface area contributed by atoms with Gasteiger partial charge in [0, 0.05) is 39.6 Å². The predicted molar refractivity (Wildman–Crippen MR) is 121 cm³/mol. The maximum atomic E-state index is 12.8. The summed E-state index contributed by atoms with van der Waals surface area (Å²) in [5.41, 5.74) is 2.32. The molecule has 0 spiro atoms. The number of fused-ring (bicyclic) bond motifs is 1. The lowest BCUT2D eigenvalue weighted by molar-refractivity contribution is 0.0695. The number of rotatable bonds is 5. The first-order valence-electron chi connectivity index (χ1n) is 9.65. The molecule has 3 radical (unpaired) electrons. The minimum Gasteiger partial charge on any atom is -0.488 e. The Labute approximate surface area is 183 Å². The van der Waals surface area contributed by atoms with Crippen LogP contribution in [0.1, 0.15) is 33.3 Å². The molecule has 0 fully saturated rings. The Bertz CT molecular complexity index is 1080. The van der Waals surface area contributed by atoms with E-state index in [0.717, 1.165) is 21.8 Å². The van der Waals surface area contributed by atoms with Crippen LogP contribution in [-0.4, -0.2) is 31.8 Å². The van der Waals surface area contributed by atoms with Crippen LogP contribution < -0.4 is 15.0 Å². The first-order valence-corrected chi connectivity index (χ1v) is 11.0. The molecule has 0 bridgehead atoms. The zero-order chi connectivity index (χ0) is 21.5. The number of pyridine rings is 1. The standard InChI is InChI=1S/C22H23N4O2SSi/c1-21(2,22(3,4)30)28-16-6-5-15-12-26(20(27)24-17(15)11-16)18-13-29-19(25-18)14-7-9-23-10-8-14/h5-11,13H,12H2,1-4H3,(H,24,27). The van der Waals surface area contributed by atoms with Crippen LogP contribution in [0.15, 0.2) is 48.1 Å². The Morgan fingerprint density at radius 3 is 2.60 bits per heavy atom. The van der Waals surface area contributed by atoms with Crippen LogP contribution in [0, 0.1) is 0 Å². The fourth-order valence-corrected chi connectivity index (χ4v) is 3.79. The van der Waals surface area contributed by atoms with E-state index in [1.807, 2.05) is 49.6 Å². The van der Waals surface area contributed by atoms with E-state index in [4.69, 9.17) is 4.74 Å². The van der Waals surface area contributed by atoms with Crippen molar-refractivity contribution >= 4 is 39.1 Å². The van der Waals surface area contributed by atoms with E-state index in [9.17, 15) is 4.79 Å². The first-order chi connectivity index (χ1) is 14.1. The summed E-state index contributed by atoms with van der Waals surface area (Å²) < 4.78 is 6.20. The monoisotopic (exact) mass is 435 g/mol. The van der Waals surface area contributed by atoms with Crippen molar-refractivity contribution in [1.29, 1.82) is 0 Å². The van der Waals surface area contributed by atoms with E-state index < -0.39 is 5.60 Å². The molecule has 153 valence electrons. The lowest BCUT2D eigenvalue weighted by atomic mass is 9.93. The summed E-state index contributed by atoms with van der Waals surface area (Å²) in [4.78, 5) is 23.1. The van der Waals surface area contributed by atoms with Gasteiger partial charge in [-0.1, -0.05) is 19.9 Å². The third-order valence-electron chi connectivity index (χ3n) is 5.47. The van der Waals surface area contributed by atoms with Crippen molar-refractivity contribution in [2.24, 2.45) is 0 Å². The van der Waals surface area contributed by atoms with Crippen molar-refractivity contribution in [1.82, 2.24) is 9.97 Å². The molecule has 1 aliphatic heterocycles. The molecule has 1 N–H and O–H groups in total. The van der Waals surface area contributed by atoms with E-state index in [1.54, 1.807) is 17.3 Å². The van der Waals surface area contributed by atoms with Crippen LogP contribution in [0.3, 0.4) is 0 Å². The SMILES string of the molecule is CC(C)([Si])C(C)(C)Oc1ccc2c(c1)NC(=O)N(c1csc(-c3ccncc3)n1)C2. The van der Waals surface area contributed by atoms with Crippen LogP contribution >= 0.6 is 11.3 Å². The van der Waals surface area contributed by atoms with Crippen LogP contribution in [-0.2, 0) is 6.54 Å². The molecule has 1 aliphatic rings. The minimum atomic E-state index is -0.438. The van der Waals surface area contributed by atoms with Gasteiger partial charge in [-0.2, -0.15) is 0 Å². The highest BCUT2D eigenvalue weighted by Crippen LogP contribution is 2.39. The van der Waals surface area contributed by atoms with Crippen LogP contribution in [0.4, 0.5) is 16.3 Å². The maximum Gasteiger partial charge on any atom is 0.327 e. The summed E-state index contributed by atoms with van der Waals surface area (Å²) in [5, 5.41) is 5.51. The molecule has 2 amide bonds. The lowest BCUT2D eigenvalue weighted by Crippen LogP contribution is -2.40. The van der Waals surface area contributed by atoms with Crippen molar-refractivity contribution in [2.75, 3.05) is 10.2 Å². The molecular weight excluding hydrogens is 412 g/mol. The molecule has 0 saturated heterocycles. The average molecular weight is 436 g/mol. The Balaban J connectivity index is 1.55. The third kappa shape index (κ3) is 3.97. The minimum absolute atomic E-state index is 0.203. The molecule has 0 unspecified atom stereocenters. The quantitative estimate of drug-likeness (QED) is 0.554. The number of thiazole rings is 1. The number of ether oxygens (including phenoxy) is 1. The molecule has 6 nitrogen and oxygen atoms in total. The zero-order valence-corrected chi connectivity index (χ0v) is 19.2. The summed E-state index contributed by atoms with van der Waals surface area (Å²) in [6, 6.07) is 9.43. The second-order valence-electron chi connectivity index (χ2n) is 8.32. The molecule has 3 aromatic rings. The average Bonchev–Trinajstić information content (AvgIpc) is 3.17. The van der Waals surface area contributed by atoms with Crippen molar-refractivity contribution in [3.63, 3.8) is 0 Å². The van der Waals surface area contributed by atoms with E-state index in [0.29, 0.717) is 18.1 Å². The van der Waals surface area contributed by atoms with Gasteiger partial charge in [-0.15, -0.1) is 11.3 Å². The highest BCUT2D eigenvalue weighted by Gasteiger charge is 2.35. The van der Waals surface area contributed by atoms with Crippen molar-refractivity contribution in [3.8, 4) is 16.3 Å². The number of carbonyl (C=O) groups excluding carboxylic acids is 1. The topological polar surface area (TPSA) is 67.3 Å². The van der Waals surface area contributed by atoms with Gasteiger partial charge < -0.3 is 10.1 Å². The molecule has 4 rings (SSSR count). The van der Waals surface area contributed by atoms with Gasteiger partial charge in [-0.25, -0.2) is 9.78 Å². The molecule has 0 saturated carbocycles. The van der Waals surface area contributed by atoms with Crippen LogP contribution in [0.25, 0.3) is 10.6 Å². The van der Waals surface area contributed by atoms with Gasteiger partial charge in [0.15, 0.2) is 0 Å². The number of aromatic nitrogens is 2. The number of hydrogen-bond donors (Lipinski definition) is 1. The van der Waals surface area contributed by atoms with Gasteiger partial charge in [-0.05, 0) is 42.6 Å². The Kier molecular flexibility index (Phi) is 5.15. The van der Waals surface area contributed by atoms with Gasteiger partial charge in [-0.3, -0.25) is 9.88 Å². The second-order valence-corrected chi connectivity index (χ2v) is 10.4. The highest BCUT2D eigenvalue weighted by molar-refractivity contribution is 7.13. The Morgan fingerprint density at radius 2 is 1.90 bits per heavy atom. The van der Waals surface area contributed by atoms with E-state index >= 15 is 0 Å². The number of hydrogen-bond acceptors (Lipinski definition) is 5. The summed E-state index contributed by atoms with van der Waals surface area (Å²) in [6.07, 6.45) is 3.47. The molecule has 1 aromatic carbocycles. The van der Waals surface area contributed by atoms with Gasteiger partial charge >= 0.3 is 6.03 Å². The maximum absolute atomic E-state index is 12.8. The number of anilines is 2. The van der Waals surface area contributed by atoms with Gasteiger partial charge in [0.1, 0.15) is 22.2 Å². The largest absolute Gasteiger partial charge is 0.488 e. The summed E-state index contributed by atoms with van der Waals surface area (Å²) in [7, 11) is 3.74. The molecule has 2 aromatic heterocycles. The number of benzene rings is 1. The predicted octanol–water partition coefficient (Wildman–Crippen LogP) is 5.28. The van der Waals surface area contributed by atoms with E-state index in [2.05, 4.69) is 39.4 Å². The Hall–Kier alpha value is -2.71. The van der Waals surface area contributed by atoms with Crippen LogP contribution in [0.2, 0.25) is 5.04 Å². The number of nitrogens with zero attached hydrogens (tertiary/aromatic N) is 3. The van der Waals surface area contributed by atoms with Crippen molar-refractivity contribution < 1.29 is 9.53 Å². The fraction of sp³-hybridized carbons (Fsp3) is 0.318. The number of amides is 2. The van der Waals surface area contributed by atoms with E-state index in [-0.39, 0.29) is 11.1 Å². The molecule has 0 aliphatic carbocycles.